The van der Waals surface area contributed by atoms with Crippen molar-refractivity contribution < 1.29 is 14.3 Å². The molecule has 0 aliphatic rings. The summed E-state index contributed by atoms with van der Waals surface area (Å²) in [6.07, 6.45) is 1.70. The van der Waals surface area contributed by atoms with Gasteiger partial charge in [-0.05, 0) is 47.9 Å². The highest BCUT2D eigenvalue weighted by molar-refractivity contribution is 7.98. The summed E-state index contributed by atoms with van der Waals surface area (Å²) in [7, 11) is 0. The van der Waals surface area contributed by atoms with Crippen molar-refractivity contribution in [3.63, 3.8) is 0 Å². The van der Waals surface area contributed by atoms with E-state index in [0.717, 1.165) is 33.9 Å². The molecule has 0 radical (unpaired) electrons. The number of anilines is 1. The Balaban J connectivity index is 1.87. The van der Waals surface area contributed by atoms with Crippen LogP contribution >= 0.6 is 11.8 Å². The molecule has 0 aliphatic heterocycles. The average Bonchev–Trinajstić information content (AvgIpc) is 2.83. The van der Waals surface area contributed by atoms with Gasteiger partial charge in [-0.1, -0.05) is 81.4 Å². The highest BCUT2D eigenvalue weighted by Gasteiger charge is 2.27. The predicted molar refractivity (Wildman–Crippen MR) is 143 cm³/mol. The third kappa shape index (κ3) is 7.04. The van der Waals surface area contributed by atoms with Crippen LogP contribution in [-0.2, 0) is 23.4 Å². The van der Waals surface area contributed by atoms with Gasteiger partial charge in [-0.3, -0.25) is 4.90 Å². The zero-order valence-electron chi connectivity index (χ0n) is 20.8. The molecule has 1 atom stereocenters. The molecule has 3 rings (SSSR count). The predicted octanol–water partition coefficient (Wildman–Crippen LogP) is 7.46. The second-order valence-corrected chi connectivity index (χ2v) is 10.3. The fourth-order valence-corrected chi connectivity index (χ4v) is 4.39. The lowest BCUT2D eigenvalue weighted by atomic mass is 9.86. The summed E-state index contributed by atoms with van der Waals surface area (Å²) >= 11 is 1.71. The van der Waals surface area contributed by atoms with Crippen LogP contribution in [0.2, 0.25) is 0 Å². The van der Waals surface area contributed by atoms with Crippen LogP contribution in [0.3, 0.4) is 0 Å². The van der Waals surface area contributed by atoms with Gasteiger partial charge in [0, 0.05) is 23.0 Å². The molecule has 0 bridgehead atoms. The standard InChI is InChI=1S/C29H35NO3S/c1-22(21-34-5)30(28(31)33-20-24-14-10-7-11-15-24)25-16-17-27(26(18-25)29(2,3)4)32-19-23-12-8-6-9-13-23/h6-18,22H,19-21H2,1-5H3. The smallest absolute Gasteiger partial charge is 0.414 e. The first-order valence-corrected chi connectivity index (χ1v) is 13.0. The molecule has 0 saturated heterocycles. The van der Waals surface area contributed by atoms with Crippen molar-refractivity contribution in [2.75, 3.05) is 16.9 Å². The van der Waals surface area contributed by atoms with E-state index in [9.17, 15) is 4.79 Å². The zero-order chi connectivity index (χ0) is 24.6. The first-order chi connectivity index (χ1) is 16.3. The van der Waals surface area contributed by atoms with Crippen molar-refractivity contribution in [1.29, 1.82) is 0 Å². The molecule has 0 aromatic heterocycles. The molecule has 0 spiro atoms. The Bertz CT molecular complexity index is 1050. The lowest BCUT2D eigenvalue weighted by Gasteiger charge is -2.31. The number of rotatable bonds is 9. The molecule has 3 aromatic rings. The Morgan fingerprint density at radius 3 is 2.06 bits per heavy atom. The summed E-state index contributed by atoms with van der Waals surface area (Å²) in [5.41, 5.74) is 3.79. The van der Waals surface area contributed by atoms with Gasteiger partial charge >= 0.3 is 6.09 Å². The van der Waals surface area contributed by atoms with E-state index < -0.39 is 0 Å². The van der Waals surface area contributed by atoms with Crippen molar-refractivity contribution in [2.24, 2.45) is 0 Å². The van der Waals surface area contributed by atoms with Gasteiger partial charge in [-0.25, -0.2) is 4.79 Å². The van der Waals surface area contributed by atoms with Crippen LogP contribution in [0.1, 0.15) is 44.4 Å². The molecule has 5 heteroatoms. The minimum Gasteiger partial charge on any atom is -0.489 e. The fourth-order valence-electron chi connectivity index (χ4n) is 3.76. The van der Waals surface area contributed by atoms with Gasteiger partial charge in [0.25, 0.3) is 0 Å². The average molecular weight is 478 g/mol. The number of benzene rings is 3. The third-order valence-corrected chi connectivity index (χ3v) is 6.35. The van der Waals surface area contributed by atoms with Crippen molar-refractivity contribution in [3.05, 3.63) is 95.6 Å². The maximum Gasteiger partial charge on any atom is 0.414 e. The van der Waals surface area contributed by atoms with Crippen LogP contribution in [0.15, 0.2) is 78.9 Å². The minimum absolute atomic E-state index is 0.0258. The fraction of sp³-hybridized carbons (Fsp3) is 0.345. The number of ether oxygens (including phenoxy) is 2. The van der Waals surface area contributed by atoms with Crippen molar-refractivity contribution in [1.82, 2.24) is 0 Å². The summed E-state index contributed by atoms with van der Waals surface area (Å²) < 4.78 is 11.9. The van der Waals surface area contributed by atoms with Crippen LogP contribution in [0, 0.1) is 0 Å². The third-order valence-electron chi connectivity index (χ3n) is 5.54. The van der Waals surface area contributed by atoms with Gasteiger partial charge < -0.3 is 9.47 Å². The summed E-state index contributed by atoms with van der Waals surface area (Å²) in [6.45, 7) is 9.26. The molecule has 1 unspecified atom stereocenters. The molecular weight excluding hydrogens is 442 g/mol. The Hall–Kier alpha value is -2.92. The molecule has 0 heterocycles. The van der Waals surface area contributed by atoms with E-state index in [1.165, 1.54) is 0 Å². The number of amides is 1. The van der Waals surface area contributed by atoms with Gasteiger partial charge in [0.1, 0.15) is 19.0 Å². The zero-order valence-corrected chi connectivity index (χ0v) is 21.6. The normalized spacial score (nSPS) is 12.1. The van der Waals surface area contributed by atoms with E-state index in [4.69, 9.17) is 9.47 Å². The minimum atomic E-state index is -0.344. The first-order valence-electron chi connectivity index (χ1n) is 11.6. The number of hydrogen-bond donors (Lipinski definition) is 0. The summed E-state index contributed by atoms with van der Waals surface area (Å²) in [4.78, 5) is 15.0. The molecule has 0 N–H and O–H groups in total. The molecule has 3 aromatic carbocycles. The Morgan fingerprint density at radius 1 is 0.912 bits per heavy atom. The van der Waals surface area contributed by atoms with E-state index >= 15 is 0 Å². The quantitative estimate of drug-likeness (QED) is 0.321. The number of hydrogen-bond acceptors (Lipinski definition) is 4. The van der Waals surface area contributed by atoms with Crippen LogP contribution in [0.4, 0.5) is 10.5 Å². The number of nitrogens with zero attached hydrogens (tertiary/aromatic N) is 1. The van der Waals surface area contributed by atoms with Gasteiger partial charge in [-0.2, -0.15) is 11.8 Å². The van der Waals surface area contributed by atoms with Gasteiger partial charge in [0.2, 0.25) is 0 Å². The van der Waals surface area contributed by atoms with Crippen LogP contribution in [0.25, 0.3) is 0 Å². The van der Waals surface area contributed by atoms with E-state index in [2.05, 4.69) is 45.9 Å². The summed E-state index contributed by atoms with van der Waals surface area (Å²) in [5.74, 6) is 1.63. The molecule has 180 valence electrons. The second kappa shape index (κ2) is 12.0. The molecule has 1 amide bonds. The number of carbonyl (C=O) groups is 1. The van der Waals surface area contributed by atoms with Gasteiger partial charge in [0.05, 0.1) is 0 Å². The van der Waals surface area contributed by atoms with E-state index in [1.807, 2.05) is 66.9 Å². The van der Waals surface area contributed by atoms with Gasteiger partial charge in [-0.15, -0.1) is 0 Å². The maximum atomic E-state index is 13.3. The van der Waals surface area contributed by atoms with Crippen LogP contribution in [-0.4, -0.2) is 24.1 Å². The topological polar surface area (TPSA) is 38.8 Å². The highest BCUT2D eigenvalue weighted by Crippen LogP contribution is 2.36. The molecule has 0 fully saturated rings. The van der Waals surface area contributed by atoms with E-state index in [1.54, 1.807) is 16.7 Å². The lowest BCUT2D eigenvalue weighted by molar-refractivity contribution is 0.145. The Kier molecular flexibility index (Phi) is 9.05. The highest BCUT2D eigenvalue weighted by atomic mass is 32.2. The Morgan fingerprint density at radius 2 is 1.50 bits per heavy atom. The molecular formula is C29H35NO3S. The Labute approximate surface area is 208 Å². The van der Waals surface area contributed by atoms with Crippen LogP contribution < -0.4 is 9.64 Å². The SMILES string of the molecule is CSCC(C)N(C(=O)OCc1ccccc1)c1ccc(OCc2ccccc2)c(C(C)(C)C)c1. The van der Waals surface area contributed by atoms with E-state index in [0.29, 0.717) is 6.61 Å². The van der Waals surface area contributed by atoms with Crippen LogP contribution in [0.5, 0.6) is 5.75 Å². The van der Waals surface area contributed by atoms with Crippen molar-refractivity contribution in [2.45, 2.75) is 52.4 Å². The molecule has 34 heavy (non-hydrogen) atoms. The molecule has 0 saturated carbocycles. The molecule has 0 aliphatic carbocycles. The largest absolute Gasteiger partial charge is 0.489 e. The van der Waals surface area contributed by atoms with Crippen molar-refractivity contribution in [3.8, 4) is 5.75 Å². The van der Waals surface area contributed by atoms with E-state index in [-0.39, 0.29) is 24.2 Å². The number of carbonyl (C=O) groups excluding carboxylic acids is 1. The molecule has 4 nitrogen and oxygen atoms in total. The lowest BCUT2D eigenvalue weighted by Crippen LogP contribution is -2.40. The first kappa shape index (κ1) is 25.7. The summed E-state index contributed by atoms with van der Waals surface area (Å²) in [6, 6.07) is 25.9. The van der Waals surface area contributed by atoms with Gasteiger partial charge in [0.15, 0.2) is 0 Å². The monoisotopic (exact) mass is 477 g/mol. The maximum absolute atomic E-state index is 13.3. The number of thioether (sulfide) groups is 1. The van der Waals surface area contributed by atoms with Crippen molar-refractivity contribution >= 4 is 23.5 Å². The summed E-state index contributed by atoms with van der Waals surface area (Å²) in [5, 5.41) is 0. The second-order valence-electron chi connectivity index (χ2n) is 9.42.